The Hall–Kier alpha value is -3.11. The van der Waals surface area contributed by atoms with Crippen LogP contribution in [0.4, 0.5) is 5.69 Å². The average Bonchev–Trinajstić information content (AvgIpc) is 3.09. The summed E-state index contributed by atoms with van der Waals surface area (Å²) in [5, 5.41) is 5.41. The van der Waals surface area contributed by atoms with Gasteiger partial charge in [0.25, 0.3) is 0 Å². The van der Waals surface area contributed by atoms with E-state index in [9.17, 15) is 0 Å². The van der Waals surface area contributed by atoms with E-state index in [-0.39, 0.29) is 0 Å². The first-order valence-electron chi connectivity index (χ1n) is 8.93. The fourth-order valence-electron chi connectivity index (χ4n) is 3.57. The maximum absolute atomic E-state index is 6.04. The molecule has 0 spiro atoms. The predicted octanol–water partition coefficient (Wildman–Crippen LogP) is 5.58. The molecule has 1 aliphatic heterocycles. The molecule has 0 fully saturated rings. The molecule has 27 heavy (non-hydrogen) atoms. The van der Waals surface area contributed by atoms with Crippen molar-refractivity contribution in [3.63, 3.8) is 0 Å². The monoisotopic (exact) mass is 372 g/mol. The maximum atomic E-state index is 6.04. The van der Waals surface area contributed by atoms with Crippen LogP contribution in [0.1, 0.15) is 12.0 Å². The number of aryl methyl sites for hydroxylation is 1. The number of rotatable bonds is 3. The van der Waals surface area contributed by atoms with Gasteiger partial charge in [-0.25, -0.2) is 4.98 Å². The number of benzene rings is 3. The Bertz CT molecular complexity index is 1140. The molecule has 4 aromatic rings. The molecule has 1 N–H and O–H groups in total. The summed E-state index contributed by atoms with van der Waals surface area (Å²) in [6.45, 7) is 0.848. The topological polar surface area (TPSA) is 42.2 Å². The lowest BCUT2D eigenvalue weighted by Crippen LogP contribution is -2.17. The molecule has 4 nitrogen and oxygen atoms in total. The predicted molar refractivity (Wildman–Crippen MR) is 111 cm³/mol. The standard InChI is InChI=1S/C22H17ClN4/c23-16-11-9-15(10-12-16)22-24-20-8-4-7-18-19(13-14-27(22)21(18)20)26-25-17-5-2-1-3-6-17/h1-12,25H,13-14H2/b26-19+. The molecular formula is C22H17ClN4. The van der Waals surface area contributed by atoms with Crippen molar-refractivity contribution in [1.82, 2.24) is 9.55 Å². The van der Waals surface area contributed by atoms with Gasteiger partial charge in [-0.1, -0.05) is 41.9 Å². The molecule has 2 heterocycles. The Labute approximate surface area is 162 Å². The lowest BCUT2D eigenvalue weighted by atomic mass is 10.0. The molecule has 0 amide bonds. The zero-order valence-corrected chi connectivity index (χ0v) is 15.3. The van der Waals surface area contributed by atoms with E-state index in [1.807, 2.05) is 60.7 Å². The number of para-hydroxylation sites is 2. The molecule has 0 bridgehead atoms. The number of imidazole rings is 1. The van der Waals surface area contributed by atoms with Gasteiger partial charge in [0, 0.05) is 29.1 Å². The van der Waals surface area contributed by atoms with E-state index in [4.69, 9.17) is 16.6 Å². The van der Waals surface area contributed by atoms with Gasteiger partial charge in [0.1, 0.15) is 5.82 Å². The molecule has 3 aromatic carbocycles. The maximum Gasteiger partial charge on any atom is 0.141 e. The van der Waals surface area contributed by atoms with Crippen molar-refractivity contribution in [2.75, 3.05) is 5.43 Å². The van der Waals surface area contributed by atoms with Gasteiger partial charge in [-0.3, -0.25) is 5.43 Å². The molecule has 1 aliphatic rings. The summed E-state index contributed by atoms with van der Waals surface area (Å²) in [5.41, 5.74) is 9.55. The van der Waals surface area contributed by atoms with Crippen LogP contribution in [0.15, 0.2) is 77.9 Å². The van der Waals surface area contributed by atoms with E-state index >= 15 is 0 Å². The smallest absolute Gasteiger partial charge is 0.141 e. The van der Waals surface area contributed by atoms with Crippen molar-refractivity contribution in [2.45, 2.75) is 13.0 Å². The molecule has 0 aliphatic carbocycles. The molecule has 0 radical (unpaired) electrons. The van der Waals surface area contributed by atoms with Crippen molar-refractivity contribution >= 4 is 34.0 Å². The van der Waals surface area contributed by atoms with Crippen LogP contribution in [0.2, 0.25) is 5.02 Å². The fourth-order valence-corrected chi connectivity index (χ4v) is 3.69. The van der Waals surface area contributed by atoms with Crippen molar-refractivity contribution in [1.29, 1.82) is 0 Å². The van der Waals surface area contributed by atoms with Crippen LogP contribution in [-0.4, -0.2) is 15.3 Å². The van der Waals surface area contributed by atoms with Crippen molar-refractivity contribution in [3.05, 3.63) is 83.4 Å². The third-order valence-electron chi connectivity index (χ3n) is 4.85. The molecule has 0 saturated carbocycles. The second kappa shape index (κ2) is 6.56. The first-order chi connectivity index (χ1) is 13.3. The lowest BCUT2D eigenvalue weighted by molar-refractivity contribution is 0.742. The summed E-state index contributed by atoms with van der Waals surface area (Å²) in [6.07, 6.45) is 0.850. The average molecular weight is 373 g/mol. The molecule has 5 heteroatoms. The van der Waals surface area contributed by atoms with Crippen LogP contribution in [0.25, 0.3) is 22.4 Å². The number of nitrogens with zero attached hydrogens (tertiary/aromatic N) is 3. The van der Waals surface area contributed by atoms with E-state index in [0.29, 0.717) is 0 Å². The Morgan fingerprint density at radius 3 is 2.56 bits per heavy atom. The highest BCUT2D eigenvalue weighted by atomic mass is 35.5. The molecule has 1 aromatic heterocycles. The van der Waals surface area contributed by atoms with E-state index in [1.165, 1.54) is 0 Å². The molecule has 0 unspecified atom stereocenters. The van der Waals surface area contributed by atoms with Gasteiger partial charge in [-0.15, -0.1) is 0 Å². The number of aromatic nitrogens is 2. The zero-order chi connectivity index (χ0) is 18.2. The van der Waals surface area contributed by atoms with Gasteiger partial charge >= 0.3 is 0 Å². The van der Waals surface area contributed by atoms with E-state index in [2.05, 4.69) is 27.2 Å². The van der Waals surface area contributed by atoms with Gasteiger partial charge in [-0.05, 0) is 42.5 Å². The van der Waals surface area contributed by atoms with E-state index in [0.717, 1.165) is 57.4 Å². The number of nitrogens with one attached hydrogen (secondary N) is 1. The fraction of sp³-hybridized carbons (Fsp3) is 0.0909. The van der Waals surface area contributed by atoms with Crippen LogP contribution >= 0.6 is 11.6 Å². The second-order valence-electron chi connectivity index (χ2n) is 6.55. The van der Waals surface area contributed by atoms with E-state index in [1.54, 1.807) is 0 Å². The Morgan fingerprint density at radius 1 is 0.926 bits per heavy atom. The summed E-state index contributed by atoms with van der Waals surface area (Å²) in [6, 6.07) is 24.1. The number of hydrogen-bond acceptors (Lipinski definition) is 3. The summed E-state index contributed by atoms with van der Waals surface area (Å²) < 4.78 is 2.29. The van der Waals surface area contributed by atoms with Crippen LogP contribution in [-0.2, 0) is 6.54 Å². The van der Waals surface area contributed by atoms with E-state index < -0.39 is 0 Å². The molecule has 132 valence electrons. The lowest BCUT2D eigenvalue weighted by Gasteiger charge is -2.19. The quantitative estimate of drug-likeness (QED) is 0.477. The van der Waals surface area contributed by atoms with Gasteiger partial charge in [-0.2, -0.15) is 5.10 Å². The normalized spacial score (nSPS) is 14.6. The van der Waals surface area contributed by atoms with Crippen LogP contribution in [0.3, 0.4) is 0 Å². The first-order valence-corrected chi connectivity index (χ1v) is 9.30. The highest BCUT2D eigenvalue weighted by molar-refractivity contribution is 6.30. The van der Waals surface area contributed by atoms with Gasteiger partial charge < -0.3 is 4.57 Å². The summed E-state index contributed by atoms with van der Waals surface area (Å²) in [5.74, 6) is 0.976. The number of hydrazone groups is 1. The zero-order valence-electron chi connectivity index (χ0n) is 14.6. The van der Waals surface area contributed by atoms with Crippen LogP contribution < -0.4 is 5.43 Å². The third kappa shape index (κ3) is 2.88. The number of anilines is 1. The molecular weight excluding hydrogens is 356 g/mol. The highest BCUT2D eigenvalue weighted by Crippen LogP contribution is 2.32. The van der Waals surface area contributed by atoms with Gasteiger partial charge in [0.15, 0.2) is 0 Å². The minimum Gasteiger partial charge on any atom is -0.323 e. The van der Waals surface area contributed by atoms with Gasteiger partial charge in [0.05, 0.1) is 22.4 Å². The van der Waals surface area contributed by atoms with Crippen LogP contribution in [0.5, 0.6) is 0 Å². The minimum absolute atomic E-state index is 0.732. The largest absolute Gasteiger partial charge is 0.323 e. The molecule has 0 saturated heterocycles. The summed E-state index contributed by atoms with van der Waals surface area (Å²) >= 11 is 6.04. The number of halogens is 1. The Balaban J connectivity index is 1.60. The van der Waals surface area contributed by atoms with Gasteiger partial charge in [0.2, 0.25) is 0 Å². The molecule has 5 rings (SSSR count). The Morgan fingerprint density at radius 2 is 1.74 bits per heavy atom. The van der Waals surface area contributed by atoms with Crippen molar-refractivity contribution in [3.8, 4) is 11.4 Å². The third-order valence-corrected chi connectivity index (χ3v) is 5.10. The number of hydrogen-bond donors (Lipinski definition) is 1. The minimum atomic E-state index is 0.732. The Kier molecular flexibility index (Phi) is 3.91. The SMILES string of the molecule is Clc1ccc(-c2nc3cccc4c3n2CC/C4=N\Nc2ccccc2)cc1. The van der Waals surface area contributed by atoms with Crippen LogP contribution in [0, 0.1) is 0 Å². The van der Waals surface area contributed by atoms with Crippen molar-refractivity contribution < 1.29 is 0 Å². The first kappa shape index (κ1) is 16.1. The van der Waals surface area contributed by atoms with Crippen molar-refractivity contribution in [2.24, 2.45) is 5.10 Å². The molecule has 0 atom stereocenters. The summed E-state index contributed by atoms with van der Waals surface area (Å²) in [4.78, 5) is 4.88. The highest BCUT2D eigenvalue weighted by Gasteiger charge is 2.22. The second-order valence-corrected chi connectivity index (χ2v) is 6.99. The summed E-state index contributed by atoms with van der Waals surface area (Å²) in [7, 11) is 0.